The number of carbonyl (C=O) groups excluding carboxylic acids is 2. The zero-order valence-electron chi connectivity index (χ0n) is 48.7. The number of hydrogen-bond donors (Lipinski definition) is 3. The Bertz CT molecular complexity index is 1120. The van der Waals surface area contributed by atoms with Crippen LogP contribution in [0.5, 0.6) is 0 Å². The monoisotopic (exact) mass is 1010 g/mol. The van der Waals surface area contributed by atoms with Crippen molar-refractivity contribution in [2.45, 2.75) is 373 Å². The lowest BCUT2D eigenvalue weighted by Gasteiger charge is -2.20. The van der Waals surface area contributed by atoms with Gasteiger partial charge in [0, 0.05) is 12.8 Å². The van der Waals surface area contributed by atoms with E-state index in [4.69, 9.17) is 4.74 Å². The van der Waals surface area contributed by atoms with Gasteiger partial charge in [-0.3, -0.25) is 9.59 Å². The topological polar surface area (TPSA) is 95.9 Å². The highest BCUT2D eigenvalue weighted by Crippen LogP contribution is 2.18. The maximum absolute atomic E-state index is 12.4. The summed E-state index contributed by atoms with van der Waals surface area (Å²) < 4.78 is 5.49. The molecule has 0 aliphatic carbocycles. The molecule has 0 fully saturated rings. The Balaban J connectivity index is 3.35. The average Bonchev–Trinajstić information content (AvgIpc) is 3.38. The molecule has 6 nitrogen and oxygen atoms in total. The van der Waals surface area contributed by atoms with Gasteiger partial charge in [0.25, 0.3) is 0 Å². The predicted molar refractivity (Wildman–Crippen MR) is 315 cm³/mol. The summed E-state index contributed by atoms with van der Waals surface area (Å²) >= 11 is 0. The van der Waals surface area contributed by atoms with E-state index in [2.05, 4.69) is 31.3 Å². The maximum atomic E-state index is 12.4. The van der Waals surface area contributed by atoms with E-state index in [1.807, 2.05) is 6.08 Å². The van der Waals surface area contributed by atoms with Gasteiger partial charge in [0.05, 0.1) is 25.4 Å². The van der Waals surface area contributed by atoms with Crippen LogP contribution < -0.4 is 5.32 Å². The van der Waals surface area contributed by atoms with Crippen LogP contribution in [0.2, 0.25) is 0 Å². The molecule has 2 atom stereocenters. The van der Waals surface area contributed by atoms with Gasteiger partial charge in [-0.05, 0) is 57.8 Å². The fourth-order valence-electron chi connectivity index (χ4n) is 10.2. The summed E-state index contributed by atoms with van der Waals surface area (Å²) in [6, 6.07) is -0.625. The van der Waals surface area contributed by atoms with Crippen LogP contribution in [0.1, 0.15) is 361 Å². The lowest BCUT2D eigenvalue weighted by atomic mass is 10.0. The number of hydrogen-bond acceptors (Lipinski definition) is 5. The molecule has 0 aromatic rings. The van der Waals surface area contributed by atoms with Gasteiger partial charge in [-0.15, -0.1) is 0 Å². The number of esters is 1. The molecule has 0 spiro atoms. The first-order chi connectivity index (χ1) is 35.5. The summed E-state index contributed by atoms with van der Waals surface area (Å²) in [5, 5.41) is 23.0. The molecule has 0 rings (SSSR count). The lowest BCUT2D eigenvalue weighted by Crippen LogP contribution is -2.45. The number of nitrogens with one attached hydrogen (secondary N) is 1. The van der Waals surface area contributed by atoms with Crippen LogP contribution in [-0.2, 0) is 14.3 Å². The first-order valence-corrected chi connectivity index (χ1v) is 32.6. The zero-order chi connectivity index (χ0) is 52.2. The first kappa shape index (κ1) is 70.3. The minimum Gasteiger partial charge on any atom is -0.466 e. The second-order valence-corrected chi connectivity index (χ2v) is 22.5. The van der Waals surface area contributed by atoms with Crippen molar-refractivity contribution in [2.75, 3.05) is 13.2 Å². The fraction of sp³-hybridized carbons (Fsp3) is 0.909. The van der Waals surface area contributed by atoms with Crippen LogP contribution in [0.3, 0.4) is 0 Å². The van der Waals surface area contributed by atoms with Crippen LogP contribution in [0.25, 0.3) is 0 Å². The zero-order valence-corrected chi connectivity index (χ0v) is 48.7. The van der Waals surface area contributed by atoms with Crippen molar-refractivity contribution in [3.8, 4) is 0 Å². The summed E-state index contributed by atoms with van der Waals surface area (Å²) in [5.74, 6) is -0.0471. The van der Waals surface area contributed by atoms with Crippen LogP contribution in [0, 0.1) is 0 Å². The Morgan fingerprint density at radius 2 is 0.653 bits per heavy atom. The molecule has 2 unspecified atom stereocenters. The van der Waals surface area contributed by atoms with Crippen molar-refractivity contribution in [3.05, 3.63) is 24.3 Å². The van der Waals surface area contributed by atoms with Gasteiger partial charge in [-0.1, -0.05) is 314 Å². The molecule has 0 aromatic carbocycles. The van der Waals surface area contributed by atoms with E-state index < -0.39 is 12.1 Å². The molecule has 1 amide bonds. The van der Waals surface area contributed by atoms with Crippen molar-refractivity contribution in [1.29, 1.82) is 0 Å². The molecule has 6 heteroatoms. The Hall–Kier alpha value is -1.66. The van der Waals surface area contributed by atoms with Gasteiger partial charge in [-0.25, -0.2) is 0 Å². The number of unbranched alkanes of at least 4 members (excludes halogenated alkanes) is 48. The number of aliphatic hydroxyl groups excluding tert-OH is 2. The molecule has 0 radical (unpaired) electrons. The molecule has 0 aliphatic heterocycles. The van der Waals surface area contributed by atoms with Crippen LogP contribution >= 0.6 is 0 Å². The molecule has 72 heavy (non-hydrogen) atoms. The number of amides is 1. The summed E-state index contributed by atoms with van der Waals surface area (Å²) in [6.45, 7) is 4.91. The number of rotatable bonds is 61. The van der Waals surface area contributed by atoms with Crippen LogP contribution in [0.15, 0.2) is 24.3 Å². The third-order valence-corrected chi connectivity index (χ3v) is 15.2. The molecule has 0 bridgehead atoms. The molecule has 0 saturated heterocycles. The van der Waals surface area contributed by atoms with Crippen molar-refractivity contribution in [1.82, 2.24) is 5.32 Å². The maximum Gasteiger partial charge on any atom is 0.305 e. The van der Waals surface area contributed by atoms with Gasteiger partial charge in [-0.2, -0.15) is 0 Å². The van der Waals surface area contributed by atoms with Crippen molar-refractivity contribution in [2.24, 2.45) is 0 Å². The highest BCUT2D eigenvalue weighted by Gasteiger charge is 2.18. The number of aliphatic hydroxyl groups is 2. The third-order valence-electron chi connectivity index (χ3n) is 15.2. The standard InChI is InChI=1S/C66H127NO5/c1-3-5-7-9-11-13-15-16-36-40-44-48-52-56-60-66(71)72-61-57-53-49-45-41-37-34-32-30-28-26-24-22-20-18-17-19-21-23-25-27-29-31-33-35-39-43-47-51-55-59-65(70)67-63(62-68)64(69)58-54-50-46-42-38-14-12-10-8-6-4-2/h18,20,54,58,63-64,68-69H,3-17,19,21-53,55-57,59-62H2,1-2H3,(H,67,70)/b20-18-,58-54+. The van der Waals surface area contributed by atoms with E-state index in [9.17, 15) is 19.8 Å². The van der Waals surface area contributed by atoms with Crippen LogP contribution in [-0.4, -0.2) is 47.4 Å². The first-order valence-electron chi connectivity index (χ1n) is 32.6. The van der Waals surface area contributed by atoms with E-state index >= 15 is 0 Å². The lowest BCUT2D eigenvalue weighted by molar-refractivity contribution is -0.143. The number of allylic oxidation sites excluding steroid dienone is 3. The molecule has 3 N–H and O–H groups in total. The second kappa shape index (κ2) is 61.9. The highest BCUT2D eigenvalue weighted by molar-refractivity contribution is 5.76. The summed E-state index contributed by atoms with van der Waals surface area (Å²) in [4.78, 5) is 24.5. The molecular formula is C66H127NO5. The van der Waals surface area contributed by atoms with E-state index in [1.54, 1.807) is 6.08 Å². The van der Waals surface area contributed by atoms with Gasteiger partial charge < -0.3 is 20.3 Å². The predicted octanol–water partition coefficient (Wildman–Crippen LogP) is 20.6. The van der Waals surface area contributed by atoms with E-state index in [1.165, 1.54) is 295 Å². The van der Waals surface area contributed by atoms with Crippen molar-refractivity contribution in [3.63, 3.8) is 0 Å². The van der Waals surface area contributed by atoms with E-state index in [-0.39, 0.29) is 18.5 Å². The van der Waals surface area contributed by atoms with Gasteiger partial charge in [0.2, 0.25) is 5.91 Å². The Morgan fingerprint density at radius 3 is 0.986 bits per heavy atom. The fourth-order valence-corrected chi connectivity index (χ4v) is 10.2. The number of carbonyl (C=O) groups is 2. The minimum absolute atomic E-state index is 0.0193. The van der Waals surface area contributed by atoms with Gasteiger partial charge in [0.15, 0.2) is 0 Å². The normalized spacial score (nSPS) is 12.7. The van der Waals surface area contributed by atoms with E-state index in [0.29, 0.717) is 19.4 Å². The minimum atomic E-state index is -0.841. The van der Waals surface area contributed by atoms with Crippen molar-refractivity contribution >= 4 is 11.9 Å². The SMILES string of the molecule is CCCCCCCCCCC/C=C/C(O)C(CO)NC(=O)CCCCCCCCCCCCCCCC/C=C\CCCCCCCCCCCCCCOC(=O)CCCCCCCCCCCCCCCC. The molecule has 0 heterocycles. The van der Waals surface area contributed by atoms with E-state index in [0.717, 1.165) is 38.5 Å². The third kappa shape index (κ3) is 57.6. The number of ether oxygens (including phenoxy) is 1. The molecule has 426 valence electrons. The average molecular weight is 1010 g/mol. The summed E-state index contributed by atoms with van der Waals surface area (Å²) in [7, 11) is 0. The van der Waals surface area contributed by atoms with Crippen molar-refractivity contribution < 1.29 is 24.5 Å². The van der Waals surface area contributed by atoms with Crippen LogP contribution in [0.4, 0.5) is 0 Å². The summed E-state index contributed by atoms with van der Waals surface area (Å²) in [5.41, 5.74) is 0. The Kier molecular flexibility index (Phi) is 60.5. The Labute approximate surface area is 450 Å². The second-order valence-electron chi connectivity index (χ2n) is 22.5. The Morgan fingerprint density at radius 1 is 0.375 bits per heavy atom. The van der Waals surface area contributed by atoms with Gasteiger partial charge >= 0.3 is 5.97 Å². The molecule has 0 saturated carbocycles. The quantitative estimate of drug-likeness (QED) is 0.0320. The molecule has 0 aliphatic rings. The molecule has 0 aromatic heterocycles. The molecular weight excluding hydrogens is 887 g/mol. The largest absolute Gasteiger partial charge is 0.466 e. The summed E-state index contributed by atoms with van der Waals surface area (Å²) in [6.07, 6.45) is 76.8. The highest BCUT2D eigenvalue weighted by atomic mass is 16.5. The van der Waals surface area contributed by atoms with Gasteiger partial charge in [0.1, 0.15) is 0 Å². The smallest absolute Gasteiger partial charge is 0.305 e.